The van der Waals surface area contributed by atoms with Crippen LogP contribution in [0, 0.1) is 0 Å². The Hall–Kier alpha value is -0.820. The normalized spacial score (nSPS) is 29.8. The van der Waals surface area contributed by atoms with Gasteiger partial charge in [0, 0.05) is 12.1 Å². The van der Waals surface area contributed by atoms with Gasteiger partial charge in [0.1, 0.15) is 0 Å². The van der Waals surface area contributed by atoms with Gasteiger partial charge < -0.3 is 5.32 Å². The smallest absolute Gasteiger partial charge is 0.0322 e. The van der Waals surface area contributed by atoms with Gasteiger partial charge in [-0.1, -0.05) is 30.9 Å². The van der Waals surface area contributed by atoms with Crippen molar-refractivity contribution in [2.75, 3.05) is 0 Å². The average Bonchev–Trinajstić information content (AvgIpc) is 2.54. The summed E-state index contributed by atoms with van der Waals surface area (Å²) < 4.78 is 0. The molecule has 0 radical (unpaired) electrons. The first-order valence-corrected chi connectivity index (χ1v) is 4.99. The van der Waals surface area contributed by atoms with Gasteiger partial charge in [-0.3, -0.25) is 0 Å². The molecule has 0 aromatic carbocycles. The number of hydrogen-bond donors (Lipinski definition) is 1. The van der Waals surface area contributed by atoms with Crippen molar-refractivity contribution in [1.29, 1.82) is 0 Å². The monoisotopic (exact) mass is 177 g/mol. The molecule has 0 spiro atoms. The van der Waals surface area contributed by atoms with Crippen LogP contribution in [0.1, 0.15) is 26.7 Å². The topological polar surface area (TPSA) is 12.0 Å². The van der Waals surface area contributed by atoms with E-state index in [0.29, 0.717) is 12.1 Å². The number of nitrogens with one attached hydrogen (secondary N) is 1. The number of allylic oxidation sites excluding steroid dienone is 3. The predicted molar refractivity (Wildman–Crippen MR) is 58.7 cm³/mol. The molecule has 1 aliphatic rings. The summed E-state index contributed by atoms with van der Waals surface area (Å²) in [6.07, 6.45) is 10.7. The quantitative estimate of drug-likeness (QED) is 0.654. The van der Waals surface area contributed by atoms with Crippen molar-refractivity contribution in [2.24, 2.45) is 0 Å². The molecule has 1 nitrogen and oxygen atoms in total. The minimum absolute atomic E-state index is 0.517. The summed E-state index contributed by atoms with van der Waals surface area (Å²) in [6, 6.07) is 1.17. The second-order valence-electron chi connectivity index (χ2n) is 3.59. The predicted octanol–water partition coefficient (Wildman–Crippen LogP) is 2.82. The van der Waals surface area contributed by atoms with Crippen molar-refractivity contribution in [1.82, 2.24) is 5.32 Å². The molecule has 0 aromatic heterocycles. The molecular weight excluding hydrogens is 158 g/mol. The zero-order chi connectivity index (χ0) is 9.68. The lowest BCUT2D eigenvalue weighted by Crippen LogP contribution is -2.28. The van der Waals surface area contributed by atoms with Crippen LogP contribution in [0.4, 0.5) is 0 Å². The molecule has 1 aliphatic heterocycles. The zero-order valence-corrected chi connectivity index (χ0v) is 8.59. The van der Waals surface area contributed by atoms with Gasteiger partial charge in [-0.2, -0.15) is 0 Å². The van der Waals surface area contributed by atoms with Crippen molar-refractivity contribution >= 4 is 0 Å². The van der Waals surface area contributed by atoms with E-state index < -0.39 is 0 Å². The number of hydrogen-bond acceptors (Lipinski definition) is 1. The second-order valence-corrected chi connectivity index (χ2v) is 3.59. The Morgan fingerprint density at radius 1 is 1.46 bits per heavy atom. The summed E-state index contributed by atoms with van der Waals surface area (Å²) in [4.78, 5) is 0. The lowest BCUT2D eigenvalue weighted by molar-refractivity contribution is 0.617. The van der Waals surface area contributed by atoms with E-state index >= 15 is 0 Å². The first-order chi connectivity index (χ1) is 6.27. The van der Waals surface area contributed by atoms with Crippen LogP contribution in [-0.2, 0) is 0 Å². The van der Waals surface area contributed by atoms with Crippen LogP contribution in [0.2, 0.25) is 0 Å². The Kier molecular flexibility index (Phi) is 3.97. The van der Waals surface area contributed by atoms with Crippen LogP contribution >= 0.6 is 0 Å². The summed E-state index contributed by atoms with van der Waals surface area (Å²) in [5.74, 6) is 0. The molecule has 0 aromatic rings. The van der Waals surface area contributed by atoms with Gasteiger partial charge in [-0.25, -0.2) is 0 Å². The minimum atomic E-state index is 0.517. The van der Waals surface area contributed by atoms with E-state index in [4.69, 9.17) is 0 Å². The highest BCUT2D eigenvalue weighted by atomic mass is 15.0. The summed E-state index contributed by atoms with van der Waals surface area (Å²) in [6.45, 7) is 8.10. The summed E-state index contributed by atoms with van der Waals surface area (Å²) in [7, 11) is 0. The van der Waals surface area contributed by atoms with Crippen LogP contribution in [0.5, 0.6) is 0 Å². The highest BCUT2D eigenvalue weighted by molar-refractivity contribution is 5.28. The van der Waals surface area contributed by atoms with E-state index in [9.17, 15) is 0 Å². The molecule has 1 N–H and O–H groups in total. The molecule has 1 saturated heterocycles. The lowest BCUT2D eigenvalue weighted by Gasteiger charge is -2.12. The Bertz CT molecular complexity index is 225. The largest absolute Gasteiger partial charge is 0.307 e. The summed E-state index contributed by atoms with van der Waals surface area (Å²) in [5.41, 5.74) is 1.31. The van der Waals surface area contributed by atoms with Crippen LogP contribution in [-0.4, -0.2) is 12.1 Å². The zero-order valence-electron chi connectivity index (χ0n) is 8.59. The molecule has 1 heteroatoms. The maximum atomic E-state index is 3.84. The lowest BCUT2D eigenvalue weighted by atomic mass is 10.1. The van der Waals surface area contributed by atoms with E-state index in [0.717, 1.165) is 0 Å². The molecule has 1 heterocycles. The third kappa shape index (κ3) is 2.85. The minimum Gasteiger partial charge on any atom is -0.307 e. The maximum absolute atomic E-state index is 3.84. The summed E-state index contributed by atoms with van der Waals surface area (Å²) in [5, 5.41) is 3.54. The fourth-order valence-electron chi connectivity index (χ4n) is 1.72. The van der Waals surface area contributed by atoms with Gasteiger partial charge in [-0.15, -0.1) is 0 Å². The third-order valence-electron chi connectivity index (χ3n) is 2.49. The standard InChI is InChI=1S/C12H19N/c1-4-6-7-11(5-2)12-9-8-10(3)13-12/h4-7,10,12-13H,2,8-9H2,1,3H3/b6-4-,11-7+. The molecule has 72 valence electrons. The Balaban J connectivity index is 2.61. The van der Waals surface area contributed by atoms with E-state index in [1.165, 1.54) is 18.4 Å². The van der Waals surface area contributed by atoms with E-state index in [-0.39, 0.29) is 0 Å². The van der Waals surface area contributed by atoms with Gasteiger partial charge in [0.2, 0.25) is 0 Å². The first-order valence-electron chi connectivity index (χ1n) is 4.99. The third-order valence-corrected chi connectivity index (χ3v) is 2.49. The first kappa shape index (κ1) is 10.3. The van der Waals surface area contributed by atoms with Crippen molar-refractivity contribution in [2.45, 2.75) is 38.8 Å². The van der Waals surface area contributed by atoms with Gasteiger partial charge >= 0.3 is 0 Å². The Morgan fingerprint density at radius 2 is 2.23 bits per heavy atom. The molecule has 1 rings (SSSR count). The van der Waals surface area contributed by atoms with Crippen molar-refractivity contribution < 1.29 is 0 Å². The van der Waals surface area contributed by atoms with Crippen LogP contribution < -0.4 is 5.32 Å². The average molecular weight is 177 g/mol. The highest BCUT2D eigenvalue weighted by Crippen LogP contribution is 2.19. The fraction of sp³-hybridized carbons (Fsp3) is 0.500. The SMILES string of the molecule is C=C/C(=C\C=C/C)C1CCC(C)N1. The molecule has 0 aliphatic carbocycles. The van der Waals surface area contributed by atoms with Gasteiger partial charge in [0.25, 0.3) is 0 Å². The molecule has 1 fully saturated rings. The summed E-state index contributed by atoms with van der Waals surface area (Å²) >= 11 is 0. The van der Waals surface area contributed by atoms with E-state index in [2.05, 4.69) is 31.0 Å². The number of rotatable bonds is 3. The van der Waals surface area contributed by atoms with Crippen LogP contribution in [0.25, 0.3) is 0 Å². The van der Waals surface area contributed by atoms with Gasteiger partial charge in [0.05, 0.1) is 0 Å². The molecule has 2 atom stereocenters. The molecule has 0 bridgehead atoms. The molecule has 2 unspecified atom stereocenters. The molecule has 0 saturated carbocycles. The van der Waals surface area contributed by atoms with Crippen LogP contribution in [0.3, 0.4) is 0 Å². The molecular formula is C12H19N. The maximum Gasteiger partial charge on any atom is 0.0322 e. The Morgan fingerprint density at radius 3 is 2.69 bits per heavy atom. The van der Waals surface area contributed by atoms with Crippen LogP contribution in [0.15, 0.2) is 36.5 Å². The van der Waals surface area contributed by atoms with Crippen molar-refractivity contribution in [3.63, 3.8) is 0 Å². The van der Waals surface area contributed by atoms with Crippen molar-refractivity contribution in [3.05, 3.63) is 36.5 Å². The second kappa shape index (κ2) is 5.03. The van der Waals surface area contributed by atoms with Gasteiger partial charge in [-0.05, 0) is 32.3 Å². The fourth-order valence-corrected chi connectivity index (χ4v) is 1.72. The highest BCUT2D eigenvalue weighted by Gasteiger charge is 2.21. The van der Waals surface area contributed by atoms with E-state index in [1.807, 2.05) is 19.1 Å². The molecule has 0 amide bonds. The Labute approximate surface area is 81.2 Å². The van der Waals surface area contributed by atoms with E-state index in [1.54, 1.807) is 0 Å². The van der Waals surface area contributed by atoms with Crippen molar-refractivity contribution in [3.8, 4) is 0 Å². The van der Waals surface area contributed by atoms with Gasteiger partial charge in [0.15, 0.2) is 0 Å². The molecule has 13 heavy (non-hydrogen) atoms.